The fourth-order valence-electron chi connectivity index (χ4n) is 4.61. The van der Waals surface area contributed by atoms with Crippen LogP contribution in [0.1, 0.15) is 41.8 Å². The Kier molecular flexibility index (Phi) is 11.0. The van der Waals surface area contributed by atoms with Gasteiger partial charge in [0.1, 0.15) is 0 Å². The van der Waals surface area contributed by atoms with Crippen molar-refractivity contribution in [1.82, 2.24) is 14.9 Å². The minimum absolute atomic E-state index is 0.0725. The summed E-state index contributed by atoms with van der Waals surface area (Å²) in [4.78, 5) is 15.4. The SMILES string of the molecule is COCCCOc1cc(C(=O)N(C[C@@H]2CNC[C@H]2NS(=O)(=O)Cc2cccc(C)c2)C(C)C)ccc1OC. The topological polar surface area (TPSA) is 106 Å². The fraction of sp³-hybridized carbons (Fsp3) is 0.536. The van der Waals surface area contributed by atoms with Crippen molar-refractivity contribution >= 4 is 15.9 Å². The van der Waals surface area contributed by atoms with Crippen LogP contribution in [0.2, 0.25) is 0 Å². The van der Waals surface area contributed by atoms with Gasteiger partial charge in [-0.1, -0.05) is 29.8 Å². The highest BCUT2D eigenvalue weighted by atomic mass is 32.2. The monoisotopic (exact) mass is 547 g/mol. The van der Waals surface area contributed by atoms with Crippen molar-refractivity contribution in [2.75, 3.05) is 47.1 Å². The number of hydrogen-bond acceptors (Lipinski definition) is 7. The predicted octanol–water partition coefficient (Wildman–Crippen LogP) is 2.98. The normalized spacial score (nSPS) is 17.5. The molecule has 10 heteroatoms. The van der Waals surface area contributed by atoms with E-state index in [1.165, 1.54) is 0 Å². The Morgan fingerprint density at radius 3 is 2.58 bits per heavy atom. The number of benzene rings is 2. The molecule has 1 amide bonds. The molecule has 0 spiro atoms. The van der Waals surface area contributed by atoms with E-state index < -0.39 is 10.0 Å². The summed E-state index contributed by atoms with van der Waals surface area (Å²) in [5.74, 6) is 0.763. The molecule has 1 saturated heterocycles. The number of hydrogen-bond donors (Lipinski definition) is 2. The minimum Gasteiger partial charge on any atom is -0.493 e. The van der Waals surface area contributed by atoms with Gasteiger partial charge in [-0.3, -0.25) is 4.79 Å². The maximum atomic E-state index is 13.6. The van der Waals surface area contributed by atoms with Gasteiger partial charge >= 0.3 is 0 Å². The van der Waals surface area contributed by atoms with Gasteiger partial charge in [0.15, 0.2) is 11.5 Å². The summed E-state index contributed by atoms with van der Waals surface area (Å²) in [5.41, 5.74) is 2.26. The van der Waals surface area contributed by atoms with Crippen LogP contribution < -0.4 is 19.5 Å². The van der Waals surface area contributed by atoms with Crippen LogP contribution >= 0.6 is 0 Å². The molecule has 2 atom stereocenters. The van der Waals surface area contributed by atoms with E-state index >= 15 is 0 Å². The molecule has 0 saturated carbocycles. The Balaban J connectivity index is 1.71. The van der Waals surface area contributed by atoms with Crippen LogP contribution in [-0.4, -0.2) is 78.4 Å². The van der Waals surface area contributed by atoms with E-state index in [1.54, 1.807) is 37.3 Å². The summed E-state index contributed by atoms with van der Waals surface area (Å²) < 4.78 is 45.1. The molecular formula is C28H41N3O6S. The Morgan fingerprint density at radius 2 is 1.89 bits per heavy atom. The zero-order chi connectivity index (χ0) is 27.7. The lowest BCUT2D eigenvalue weighted by Crippen LogP contribution is -2.47. The largest absolute Gasteiger partial charge is 0.493 e. The number of carbonyl (C=O) groups excluding carboxylic acids is 1. The number of nitrogens with zero attached hydrogens (tertiary/aromatic N) is 1. The lowest BCUT2D eigenvalue weighted by atomic mass is 10.0. The van der Waals surface area contributed by atoms with Crippen LogP contribution in [0, 0.1) is 12.8 Å². The van der Waals surface area contributed by atoms with Gasteiger partial charge in [0, 0.05) is 63.3 Å². The van der Waals surface area contributed by atoms with E-state index in [-0.39, 0.29) is 29.7 Å². The smallest absolute Gasteiger partial charge is 0.254 e. The molecule has 2 aromatic carbocycles. The van der Waals surface area contributed by atoms with Crippen LogP contribution in [0.5, 0.6) is 11.5 Å². The first-order chi connectivity index (χ1) is 18.1. The molecule has 1 aliphatic heterocycles. The van der Waals surface area contributed by atoms with E-state index in [4.69, 9.17) is 14.2 Å². The summed E-state index contributed by atoms with van der Waals surface area (Å²) in [6.45, 7) is 8.42. The molecule has 0 radical (unpaired) electrons. The zero-order valence-electron chi connectivity index (χ0n) is 23.0. The Bertz CT molecular complexity index is 1170. The third-order valence-corrected chi connectivity index (χ3v) is 7.96. The van der Waals surface area contributed by atoms with Crippen molar-refractivity contribution in [1.29, 1.82) is 0 Å². The fourth-order valence-corrected chi connectivity index (χ4v) is 6.05. The number of nitrogens with one attached hydrogen (secondary N) is 2. The number of amides is 1. The molecule has 2 N–H and O–H groups in total. The molecule has 9 nitrogen and oxygen atoms in total. The second-order valence-electron chi connectivity index (χ2n) is 10.0. The van der Waals surface area contributed by atoms with Crippen LogP contribution in [0.4, 0.5) is 0 Å². The van der Waals surface area contributed by atoms with Crippen molar-refractivity contribution in [3.05, 3.63) is 59.2 Å². The number of ether oxygens (including phenoxy) is 3. The van der Waals surface area contributed by atoms with E-state index in [2.05, 4.69) is 10.0 Å². The van der Waals surface area contributed by atoms with Crippen LogP contribution in [0.3, 0.4) is 0 Å². The number of sulfonamides is 1. The van der Waals surface area contributed by atoms with Crippen molar-refractivity contribution in [2.45, 2.75) is 45.0 Å². The average molecular weight is 548 g/mol. The summed E-state index contributed by atoms with van der Waals surface area (Å²) in [6, 6.07) is 12.3. The van der Waals surface area contributed by atoms with E-state index in [0.29, 0.717) is 56.3 Å². The summed E-state index contributed by atoms with van der Waals surface area (Å²) in [5, 5.41) is 3.29. The predicted molar refractivity (Wildman–Crippen MR) is 148 cm³/mol. The first-order valence-corrected chi connectivity index (χ1v) is 14.7. The van der Waals surface area contributed by atoms with Crippen LogP contribution in [0.15, 0.2) is 42.5 Å². The Morgan fingerprint density at radius 1 is 1.11 bits per heavy atom. The van der Waals surface area contributed by atoms with Gasteiger partial charge in [0.25, 0.3) is 5.91 Å². The van der Waals surface area contributed by atoms with Gasteiger partial charge in [-0.2, -0.15) is 0 Å². The highest BCUT2D eigenvalue weighted by molar-refractivity contribution is 7.88. The van der Waals surface area contributed by atoms with Gasteiger partial charge in [-0.05, 0) is 44.5 Å². The van der Waals surface area contributed by atoms with Crippen molar-refractivity contribution in [3.63, 3.8) is 0 Å². The molecular weight excluding hydrogens is 506 g/mol. The number of carbonyl (C=O) groups is 1. The Labute approximate surface area is 226 Å². The molecule has 210 valence electrons. The molecule has 38 heavy (non-hydrogen) atoms. The molecule has 1 heterocycles. The van der Waals surface area contributed by atoms with E-state index in [9.17, 15) is 13.2 Å². The minimum atomic E-state index is -3.56. The van der Waals surface area contributed by atoms with E-state index in [0.717, 1.165) is 11.1 Å². The highest BCUT2D eigenvalue weighted by Crippen LogP contribution is 2.29. The quantitative estimate of drug-likeness (QED) is 0.350. The molecule has 0 unspecified atom stereocenters. The molecule has 0 aliphatic carbocycles. The van der Waals surface area contributed by atoms with Crippen LogP contribution in [0.25, 0.3) is 0 Å². The third kappa shape index (κ3) is 8.42. The summed E-state index contributed by atoms with van der Waals surface area (Å²) >= 11 is 0. The average Bonchev–Trinajstić information content (AvgIpc) is 3.29. The lowest BCUT2D eigenvalue weighted by molar-refractivity contribution is 0.0671. The Hall–Kier alpha value is -2.66. The molecule has 0 bridgehead atoms. The molecule has 1 fully saturated rings. The van der Waals surface area contributed by atoms with Gasteiger partial charge in [0.05, 0.1) is 19.5 Å². The standard InChI is InChI=1S/C28H41N3O6S/c1-20(2)31(28(32)23-10-11-26(36-5)27(15-23)37-13-7-12-35-4)18-24-16-29-17-25(24)30-38(33,34)19-22-9-6-8-21(3)14-22/h6,8-11,14-15,20,24-25,29-30H,7,12-13,16-19H2,1-5H3/t24-,25+/m0/s1. The number of aryl methyl sites for hydroxylation is 1. The second-order valence-corrected chi connectivity index (χ2v) is 11.8. The zero-order valence-corrected chi connectivity index (χ0v) is 23.8. The van der Waals surface area contributed by atoms with Gasteiger partial charge in [0.2, 0.25) is 10.0 Å². The van der Waals surface area contributed by atoms with Crippen molar-refractivity contribution in [2.24, 2.45) is 5.92 Å². The second kappa shape index (κ2) is 13.9. The maximum Gasteiger partial charge on any atom is 0.254 e. The lowest BCUT2D eigenvalue weighted by Gasteiger charge is -2.32. The first-order valence-electron chi connectivity index (χ1n) is 13.0. The van der Waals surface area contributed by atoms with E-state index in [1.807, 2.05) is 45.0 Å². The maximum absolute atomic E-state index is 13.6. The first kappa shape index (κ1) is 29.9. The van der Waals surface area contributed by atoms with Gasteiger partial charge < -0.3 is 24.4 Å². The molecule has 2 aromatic rings. The van der Waals surface area contributed by atoms with Gasteiger partial charge in [-0.25, -0.2) is 13.1 Å². The number of methoxy groups -OCH3 is 2. The van der Waals surface area contributed by atoms with Crippen LogP contribution in [-0.2, 0) is 20.5 Å². The number of rotatable bonds is 14. The van der Waals surface area contributed by atoms with Crippen molar-refractivity contribution < 1.29 is 27.4 Å². The van der Waals surface area contributed by atoms with Gasteiger partial charge in [-0.15, -0.1) is 0 Å². The summed E-state index contributed by atoms with van der Waals surface area (Å²) in [6.07, 6.45) is 0.714. The molecule has 1 aliphatic rings. The third-order valence-electron chi connectivity index (χ3n) is 6.59. The molecule has 0 aromatic heterocycles. The highest BCUT2D eigenvalue weighted by Gasteiger charge is 2.34. The van der Waals surface area contributed by atoms with Crippen molar-refractivity contribution in [3.8, 4) is 11.5 Å². The molecule has 3 rings (SSSR count). The summed E-state index contributed by atoms with van der Waals surface area (Å²) in [7, 11) is -0.355.